The van der Waals surface area contributed by atoms with E-state index in [0.29, 0.717) is 6.42 Å². The summed E-state index contributed by atoms with van der Waals surface area (Å²) in [6, 6.07) is 0.794. The largest absolute Gasteiger partial charge is 0.480 e. The smallest absolute Gasteiger partial charge is 0.321 e. The van der Waals surface area contributed by atoms with Gasteiger partial charge in [-0.1, -0.05) is 19.8 Å². The number of carbonyl (C=O) groups is 1. The summed E-state index contributed by atoms with van der Waals surface area (Å²) in [7, 11) is -2.57. The maximum atomic E-state index is 11.9. The Labute approximate surface area is 114 Å². The van der Waals surface area contributed by atoms with Crippen molar-refractivity contribution in [2.24, 2.45) is 5.92 Å². The maximum Gasteiger partial charge on any atom is 0.321 e. The van der Waals surface area contributed by atoms with Crippen molar-refractivity contribution in [3.05, 3.63) is 0 Å². The molecule has 2 atom stereocenters. The van der Waals surface area contributed by atoms with E-state index in [1.54, 1.807) is 6.92 Å². The normalized spacial score (nSPS) is 14.9. The van der Waals surface area contributed by atoms with Gasteiger partial charge in [0.05, 0.1) is 12.0 Å². The van der Waals surface area contributed by atoms with Gasteiger partial charge in [0.1, 0.15) is 6.04 Å². The van der Waals surface area contributed by atoms with Crippen LogP contribution in [0.3, 0.4) is 0 Å². The molecule has 0 rings (SSSR count). The summed E-state index contributed by atoms with van der Waals surface area (Å²) in [5.41, 5.74) is 0. The highest BCUT2D eigenvalue weighted by Gasteiger charge is 2.27. The molecule has 19 heavy (non-hydrogen) atoms. The monoisotopic (exact) mass is 291 g/mol. The van der Waals surface area contributed by atoms with Gasteiger partial charge in [-0.3, -0.25) is 4.79 Å². The average Bonchev–Trinajstić information content (AvgIpc) is 2.33. The molecular weight excluding hydrogens is 270 g/mol. The molecule has 0 amide bonds. The number of rotatable bonds is 9. The zero-order chi connectivity index (χ0) is 15.1. The highest BCUT2D eigenvalue weighted by Crippen LogP contribution is 2.06. The molecular formula is C11H21N3O4S. The Morgan fingerprint density at radius 3 is 2.53 bits per heavy atom. The number of carboxylic acid groups (broad SMARTS) is 1. The van der Waals surface area contributed by atoms with Gasteiger partial charge in [0.15, 0.2) is 0 Å². The number of unbranched alkanes of at least 4 members (excludes halogenated alkanes) is 1. The maximum absolute atomic E-state index is 11.9. The highest BCUT2D eigenvalue weighted by molar-refractivity contribution is 7.87. The van der Waals surface area contributed by atoms with Gasteiger partial charge in [-0.05, 0) is 13.3 Å². The summed E-state index contributed by atoms with van der Waals surface area (Å²) < 4.78 is 26.9. The molecule has 0 aromatic heterocycles. The molecule has 1 unspecified atom stereocenters. The number of nitrogens with one attached hydrogen (secondary N) is 1. The standard InChI is InChI=1S/C11H21N3O4S/c1-4-5-6-10(11(15)16)13-19(17,18)14(3)8-9(2)7-12/h9-10,13H,4-6,8H2,1-3H3,(H,15,16)/t9?,10-/m0/s1. The first-order valence-electron chi connectivity index (χ1n) is 6.10. The zero-order valence-corrected chi connectivity index (χ0v) is 12.3. The molecule has 0 aliphatic rings. The number of nitriles is 1. The number of carboxylic acids is 1. The molecule has 0 aromatic rings. The Hall–Kier alpha value is -1.17. The molecule has 7 nitrogen and oxygen atoms in total. The Balaban J connectivity index is 4.71. The number of nitrogens with zero attached hydrogens (tertiary/aromatic N) is 2. The first kappa shape index (κ1) is 17.8. The lowest BCUT2D eigenvalue weighted by Crippen LogP contribution is -2.47. The van der Waals surface area contributed by atoms with Crippen LogP contribution in [0.2, 0.25) is 0 Å². The first-order valence-corrected chi connectivity index (χ1v) is 7.54. The summed E-state index contributed by atoms with van der Waals surface area (Å²) in [4.78, 5) is 11.0. The van der Waals surface area contributed by atoms with Crippen molar-refractivity contribution < 1.29 is 18.3 Å². The van der Waals surface area contributed by atoms with E-state index in [1.807, 2.05) is 13.0 Å². The lowest BCUT2D eigenvalue weighted by molar-refractivity contribution is -0.139. The molecule has 0 aliphatic heterocycles. The van der Waals surface area contributed by atoms with E-state index >= 15 is 0 Å². The zero-order valence-electron chi connectivity index (χ0n) is 11.5. The molecule has 0 radical (unpaired) electrons. The van der Waals surface area contributed by atoms with Gasteiger partial charge in [-0.25, -0.2) is 0 Å². The number of aliphatic carboxylic acids is 1. The Morgan fingerprint density at radius 1 is 1.53 bits per heavy atom. The van der Waals surface area contributed by atoms with Crippen molar-refractivity contribution in [3.8, 4) is 6.07 Å². The fraction of sp³-hybridized carbons (Fsp3) is 0.818. The summed E-state index contributed by atoms with van der Waals surface area (Å²) in [6.07, 6.45) is 1.65. The topological polar surface area (TPSA) is 111 Å². The van der Waals surface area contributed by atoms with Crippen LogP contribution < -0.4 is 4.72 Å². The molecule has 110 valence electrons. The lowest BCUT2D eigenvalue weighted by Gasteiger charge is -2.21. The van der Waals surface area contributed by atoms with Crippen molar-refractivity contribution in [2.75, 3.05) is 13.6 Å². The van der Waals surface area contributed by atoms with E-state index < -0.39 is 28.1 Å². The third-order valence-electron chi connectivity index (χ3n) is 2.60. The van der Waals surface area contributed by atoms with Crippen LogP contribution in [0.25, 0.3) is 0 Å². The minimum Gasteiger partial charge on any atom is -0.480 e. The van der Waals surface area contributed by atoms with E-state index in [1.165, 1.54) is 7.05 Å². The van der Waals surface area contributed by atoms with Crippen LogP contribution in [-0.4, -0.2) is 43.4 Å². The number of hydrogen-bond donors (Lipinski definition) is 2. The van der Waals surface area contributed by atoms with Crippen LogP contribution in [0.1, 0.15) is 33.1 Å². The minimum atomic E-state index is -3.89. The summed E-state index contributed by atoms with van der Waals surface area (Å²) in [5.74, 6) is -1.65. The molecule has 0 fully saturated rings. The molecule has 0 aliphatic carbocycles. The first-order chi connectivity index (χ1) is 8.74. The predicted molar refractivity (Wildman–Crippen MR) is 70.4 cm³/mol. The molecule has 0 aromatic carbocycles. The minimum absolute atomic E-state index is 0.0198. The van der Waals surface area contributed by atoms with Crippen LogP contribution >= 0.6 is 0 Å². The van der Waals surface area contributed by atoms with E-state index in [4.69, 9.17) is 10.4 Å². The van der Waals surface area contributed by atoms with Crippen LogP contribution in [0.4, 0.5) is 0 Å². The number of hydrogen-bond acceptors (Lipinski definition) is 4. The van der Waals surface area contributed by atoms with E-state index in [-0.39, 0.29) is 13.0 Å². The van der Waals surface area contributed by atoms with Crippen molar-refractivity contribution >= 4 is 16.2 Å². The van der Waals surface area contributed by atoms with E-state index in [2.05, 4.69) is 4.72 Å². The van der Waals surface area contributed by atoms with E-state index in [9.17, 15) is 13.2 Å². The molecule has 8 heteroatoms. The molecule has 0 heterocycles. The fourth-order valence-electron chi connectivity index (χ4n) is 1.44. The summed E-state index contributed by atoms with van der Waals surface area (Å²) >= 11 is 0. The molecule has 0 saturated carbocycles. The quantitative estimate of drug-likeness (QED) is 0.644. The van der Waals surface area contributed by atoms with Crippen LogP contribution in [0.5, 0.6) is 0 Å². The second-order valence-electron chi connectivity index (χ2n) is 4.47. The van der Waals surface area contributed by atoms with Crippen LogP contribution in [0, 0.1) is 17.2 Å². The van der Waals surface area contributed by atoms with Gasteiger partial charge in [0, 0.05) is 13.6 Å². The Morgan fingerprint density at radius 2 is 2.11 bits per heavy atom. The Kier molecular flexibility index (Phi) is 7.59. The molecule has 2 N–H and O–H groups in total. The van der Waals surface area contributed by atoms with Gasteiger partial charge in [-0.2, -0.15) is 22.7 Å². The van der Waals surface area contributed by atoms with Crippen LogP contribution in [0.15, 0.2) is 0 Å². The fourth-order valence-corrected chi connectivity index (χ4v) is 2.61. The van der Waals surface area contributed by atoms with Gasteiger partial charge in [0.25, 0.3) is 10.2 Å². The average molecular weight is 291 g/mol. The predicted octanol–water partition coefficient (Wildman–Crippen LogP) is 0.556. The lowest BCUT2D eigenvalue weighted by atomic mass is 10.1. The van der Waals surface area contributed by atoms with Crippen molar-refractivity contribution in [2.45, 2.75) is 39.2 Å². The molecule has 0 bridgehead atoms. The third kappa shape index (κ3) is 6.52. The van der Waals surface area contributed by atoms with Crippen molar-refractivity contribution in [1.29, 1.82) is 5.26 Å². The van der Waals surface area contributed by atoms with Crippen LogP contribution in [-0.2, 0) is 15.0 Å². The molecule has 0 spiro atoms. The summed E-state index contributed by atoms with van der Waals surface area (Å²) in [5, 5.41) is 17.6. The van der Waals surface area contributed by atoms with E-state index in [0.717, 1.165) is 10.7 Å². The second kappa shape index (κ2) is 8.09. The Bertz CT molecular complexity index is 430. The van der Waals surface area contributed by atoms with Crippen molar-refractivity contribution in [1.82, 2.24) is 9.03 Å². The SMILES string of the molecule is CCCC[C@H](NS(=O)(=O)N(C)CC(C)C#N)C(=O)O. The summed E-state index contributed by atoms with van der Waals surface area (Å²) in [6.45, 7) is 3.51. The second-order valence-corrected chi connectivity index (χ2v) is 6.28. The van der Waals surface area contributed by atoms with Gasteiger partial charge < -0.3 is 5.11 Å². The third-order valence-corrected chi connectivity index (χ3v) is 4.15. The van der Waals surface area contributed by atoms with Gasteiger partial charge >= 0.3 is 5.97 Å². The van der Waals surface area contributed by atoms with Crippen molar-refractivity contribution in [3.63, 3.8) is 0 Å². The molecule has 0 saturated heterocycles. The highest BCUT2D eigenvalue weighted by atomic mass is 32.2. The van der Waals surface area contributed by atoms with Gasteiger partial charge in [-0.15, -0.1) is 0 Å². The van der Waals surface area contributed by atoms with Gasteiger partial charge in [0.2, 0.25) is 0 Å².